The molecule has 0 radical (unpaired) electrons. The van der Waals surface area contributed by atoms with Crippen LogP contribution in [0, 0.1) is 11.6 Å². The first kappa shape index (κ1) is 16.2. The molecule has 1 N–H and O–H groups in total. The van der Waals surface area contributed by atoms with Crippen LogP contribution in [0.1, 0.15) is 11.6 Å². The van der Waals surface area contributed by atoms with Gasteiger partial charge in [0.15, 0.2) is 11.6 Å². The smallest absolute Gasteiger partial charge is 0.257 e. The molecule has 6 nitrogen and oxygen atoms in total. The molecule has 2 heterocycles. The lowest BCUT2D eigenvalue weighted by Crippen LogP contribution is -1.95. The molecule has 4 aromatic rings. The van der Waals surface area contributed by atoms with Crippen LogP contribution >= 0.6 is 0 Å². The summed E-state index contributed by atoms with van der Waals surface area (Å²) in [6.07, 6.45) is 0.890. The summed E-state index contributed by atoms with van der Waals surface area (Å²) < 4.78 is 37.3. The zero-order chi connectivity index (χ0) is 18.1. The van der Waals surface area contributed by atoms with Gasteiger partial charge in [-0.25, -0.2) is 13.8 Å². The first-order valence-electron chi connectivity index (χ1n) is 7.93. The quantitative estimate of drug-likeness (QED) is 0.590. The third-order valence-electron chi connectivity index (χ3n) is 3.94. The van der Waals surface area contributed by atoms with Crippen molar-refractivity contribution >= 4 is 11.0 Å². The average Bonchev–Trinajstić information content (AvgIpc) is 3.27. The van der Waals surface area contributed by atoms with Crippen molar-refractivity contribution in [1.29, 1.82) is 0 Å². The number of hydrogen-bond donors (Lipinski definition) is 1. The molecular weight excluding hydrogens is 342 g/mol. The monoisotopic (exact) mass is 356 g/mol. The summed E-state index contributed by atoms with van der Waals surface area (Å²) in [6.45, 7) is 0. The lowest BCUT2D eigenvalue weighted by atomic mass is 10.2. The molecular formula is C18H14F2N4O2. The average molecular weight is 356 g/mol. The Kier molecular flexibility index (Phi) is 4.08. The molecule has 0 bridgehead atoms. The third-order valence-corrected chi connectivity index (χ3v) is 3.94. The van der Waals surface area contributed by atoms with Crippen LogP contribution in [0.2, 0.25) is 0 Å². The summed E-state index contributed by atoms with van der Waals surface area (Å²) in [4.78, 5) is 11.4. The van der Waals surface area contributed by atoms with E-state index in [1.54, 1.807) is 19.2 Å². The maximum Gasteiger partial charge on any atom is 0.257 e. The molecule has 0 aliphatic heterocycles. The van der Waals surface area contributed by atoms with Crippen LogP contribution in [0.4, 0.5) is 8.78 Å². The van der Waals surface area contributed by atoms with E-state index in [0.29, 0.717) is 35.9 Å². The lowest BCUT2D eigenvalue weighted by molar-refractivity contribution is 0.414. The molecule has 0 spiro atoms. The number of nitrogens with zero attached hydrogens (tertiary/aromatic N) is 3. The number of imidazole rings is 1. The van der Waals surface area contributed by atoms with Crippen LogP contribution in [0.25, 0.3) is 22.5 Å². The lowest BCUT2D eigenvalue weighted by Gasteiger charge is -1.98. The number of benzene rings is 2. The van der Waals surface area contributed by atoms with E-state index in [1.165, 1.54) is 6.07 Å². The minimum atomic E-state index is -0.691. The molecule has 0 amide bonds. The molecule has 132 valence electrons. The number of ether oxygens (including phenoxy) is 1. The maximum atomic E-state index is 13.7. The van der Waals surface area contributed by atoms with Crippen molar-refractivity contribution in [3.63, 3.8) is 0 Å². The Bertz CT molecular complexity index is 1060. The van der Waals surface area contributed by atoms with Gasteiger partial charge in [-0.2, -0.15) is 4.98 Å². The summed E-state index contributed by atoms with van der Waals surface area (Å²) in [5.74, 6) is 0.835. The highest BCUT2D eigenvalue weighted by atomic mass is 19.1. The molecule has 0 aliphatic carbocycles. The molecule has 2 aromatic heterocycles. The van der Waals surface area contributed by atoms with Gasteiger partial charge in [-0.15, -0.1) is 0 Å². The fourth-order valence-electron chi connectivity index (χ4n) is 2.65. The standard InChI is InChI=1S/C18H14F2N4O2/c1-25-12-4-2-10(3-5-12)18-23-16(24-26-18)7-6-15-21-14-9-11(19)8-13(20)17(14)22-15/h2-5,8-9H,6-7H2,1H3,(H,21,22). The molecule has 0 atom stereocenters. The summed E-state index contributed by atoms with van der Waals surface area (Å²) in [6, 6.07) is 9.29. The minimum absolute atomic E-state index is 0.119. The molecule has 0 saturated carbocycles. The number of methoxy groups -OCH3 is 1. The van der Waals surface area contributed by atoms with Gasteiger partial charge in [0.1, 0.15) is 22.9 Å². The Hall–Kier alpha value is -3.29. The Morgan fingerprint density at radius 1 is 1.08 bits per heavy atom. The summed E-state index contributed by atoms with van der Waals surface area (Å²) in [5.41, 5.74) is 1.23. The number of aromatic amines is 1. The van der Waals surface area contributed by atoms with Crippen molar-refractivity contribution in [2.24, 2.45) is 0 Å². The van der Waals surface area contributed by atoms with Crippen LogP contribution in [0.5, 0.6) is 5.75 Å². The molecule has 0 fully saturated rings. The number of fused-ring (bicyclic) bond motifs is 1. The van der Waals surface area contributed by atoms with Crippen molar-refractivity contribution in [3.05, 3.63) is 59.7 Å². The van der Waals surface area contributed by atoms with Gasteiger partial charge in [-0.3, -0.25) is 0 Å². The van der Waals surface area contributed by atoms with E-state index in [4.69, 9.17) is 9.26 Å². The van der Waals surface area contributed by atoms with E-state index in [9.17, 15) is 8.78 Å². The van der Waals surface area contributed by atoms with Gasteiger partial charge in [0, 0.05) is 24.5 Å². The summed E-state index contributed by atoms with van der Waals surface area (Å²) in [7, 11) is 1.60. The van der Waals surface area contributed by atoms with E-state index in [0.717, 1.165) is 17.4 Å². The molecule has 26 heavy (non-hydrogen) atoms. The second kappa shape index (κ2) is 6.55. The highest BCUT2D eigenvalue weighted by molar-refractivity contribution is 5.75. The van der Waals surface area contributed by atoms with E-state index < -0.39 is 11.6 Å². The summed E-state index contributed by atoms with van der Waals surface area (Å²) in [5, 5.41) is 3.94. The Balaban J connectivity index is 1.48. The van der Waals surface area contributed by atoms with E-state index >= 15 is 0 Å². The zero-order valence-corrected chi connectivity index (χ0v) is 13.8. The first-order valence-corrected chi connectivity index (χ1v) is 7.93. The van der Waals surface area contributed by atoms with Crippen LogP contribution < -0.4 is 4.74 Å². The number of hydrogen-bond acceptors (Lipinski definition) is 5. The Morgan fingerprint density at radius 2 is 1.88 bits per heavy atom. The highest BCUT2D eigenvalue weighted by Crippen LogP contribution is 2.21. The Morgan fingerprint density at radius 3 is 2.65 bits per heavy atom. The number of aryl methyl sites for hydroxylation is 2. The number of rotatable bonds is 5. The Labute approximate surface area is 146 Å². The molecule has 2 aromatic carbocycles. The van der Waals surface area contributed by atoms with Gasteiger partial charge in [0.05, 0.1) is 12.6 Å². The summed E-state index contributed by atoms with van der Waals surface area (Å²) >= 11 is 0. The second-order valence-electron chi connectivity index (χ2n) is 5.71. The van der Waals surface area contributed by atoms with Crippen molar-refractivity contribution in [1.82, 2.24) is 20.1 Å². The van der Waals surface area contributed by atoms with Gasteiger partial charge in [-0.05, 0) is 30.3 Å². The highest BCUT2D eigenvalue weighted by Gasteiger charge is 2.12. The van der Waals surface area contributed by atoms with Gasteiger partial charge >= 0.3 is 0 Å². The molecule has 0 saturated heterocycles. The minimum Gasteiger partial charge on any atom is -0.497 e. The fourth-order valence-corrected chi connectivity index (χ4v) is 2.65. The number of H-pyrrole nitrogens is 1. The topological polar surface area (TPSA) is 76.8 Å². The first-order chi connectivity index (χ1) is 12.6. The molecule has 4 rings (SSSR count). The van der Waals surface area contributed by atoms with Gasteiger partial charge in [-0.1, -0.05) is 5.16 Å². The predicted molar refractivity (Wildman–Crippen MR) is 89.7 cm³/mol. The van der Waals surface area contributed by atoms with Crippen molar-refractivity contribution in [2.75, 3.05) is 7.11 Å². The zero-order valence-electron chi connectivity index (χ0n) is 13.8. The number of nitrogens with one attached hydrogen (secondary N) is 1. The van der Waals surface area contributed by atoms with E-state index in [2.05, 4.69) is 20.1 Å². The maximum absolute atomic E-state index is 13.7. The predicted octanol–water partition coefficient (Wildman–Crippen LogP) is 3.68. The largest absolute Gasteiger partial charge is 0.497 e. The number of halogens is 2. The SMILES string of the molecule is COc1ccc(-c2nc(CCc3nc4c(F)cc(F)cc4[nH]3)no2)cc1. The van der Waals surface area contributed by atoms with Crippen molar-refractivity contribution < 1.29 is 18.0 Å². The van der Waals surface area contributed by atoms with E-state index in [1.807, 2.05) is 12.1 Å². The van der Waals surface area contributed by atoms with Gasteiger partial charge < -0.3 is 14.2 Å². The number of aromatic nitrogens is 4. The van der Waals surface area contributed by atoms with Crippen molar-refractivity contribution in [2.45, 2.75) is 12.8 Å². The van der Waals surface area contributed by atoms with Crippen LogP contribution in [-0.4, -0.2) is 27.2 Å². The fraction of sp³-hybridized carbons (Fsp3) is 0.167. The van der Waals surface area contributed by atoms with Crippen LogP contribution in [0.3, 0.4) is 0 Å². The normalized spacial score (nSPS) is 11.2. The molecule has 0 unspecified atom stereocenters. The third kappa shape index (κ3) is 3.13. The van der Waals surface area contributed by atoms with Crippen LogP contribution in [-0.2, 0) is 12.8 Å². The van der Waals surface area contributed by atoms with Gasteiger partial charge in [0.25, 0.3) is 5.89 Å². The molecule has 8 heteroatoms. The van der Waals surface area contributed by atoms with Crippen LogP contribution in [0.15, 0.2) is 40.9 Å². The second-order valence-corrected chi connectivity index (χ2v) is 5.71. The molecule has 0 aliphatic rings. The van der Waals surface area contributed by atoms with Gasteiger partial charge in [0.2, 0.25) is 0 Å². The van der Waals surface area contributed by atoms with Crippen molar-refractivity contribution in [3.8, 4) is 17.2 Å². The van der Waals surface area contributed by atoms with E-state index in [-0.39, 0.29) is 5.52 Å².